The normalized spacial score (nSPS) is 14.2. The lowest BCUT2D eigenvalue weighted by Gasteiger charge is -2.15. The molecule has 1 fully saturated rings. The van der Waals surface area contributed by atoms with Crippen molar-refractivity contribution < 1.29 is 18.4 Å². The topological polar surface area (TPSA) is 61.4 Å². The third-order valence-corrected chi connectivity index (χ3v) is 3.88. The maximum absolute atomic E-state index is 12.3. The average molecular weight is 329 g/mol. The number of thioether (sulfide) groups is 1. The van der Waals surface area contributed by atoms with Crippen molar-refractivity contribution in [2.75, 3.05) is 25.0 Å². The van der Waals surface area contributed by atoms with Gasteiger partial charge in [0.2, 0.25) is 5.91 Å². The first-order valence-corrected chi connectivity index (χ1v) is 7.80. The molecule has 22 heavy (non-hydrogen) atoms. The Morgan fingerprint density at radius 2 is 2.00 bits per heavy atom. The summed E-state index contributed by atoms with van der Waals surface area (Å²) in [5, 5.41) is 4.99. The number of nitrogens with one attached hydrogen (secondary N) is 2. The summed E-state index contributed by atoms with van der Waals surface area (Å²) in [5.41, 5.74) is 0.400. The summed E-state index contributed by atoms with van der Waals surface area (Å²) in [4.78, 5) is 25.6. The van der Waals surface area contributed by atoms with Gasteiger partial charge in [-0.05, 0) is 31.0 Å². The Bertz CT molecular complexity index is 537. The molecule has 3 amide bonds. The van der Waals surface area contributed by atoms with E-state index in [-0.39, 0.29) is 12.5 Å². The van der Waals surface area contributed by atoms with Crippen molar-refractivity contribution >= 4 is 29.4 Å². The van der Waals surface area contributed by atoms with Gasteiger partial charge in [0.05, 0.1) is 6.54 Å². The van der Waals surface area contributed by atoms with E-state index in [4.69, 9.17) is 0 Å². The minimum atomic E-state index is -2.51. The number of anilines is 1. The molecule has 8 heteroatoms. The summed E-state index contributed by atoms with van der Waals surface area (Å²) in [6.07, 6.45) is 1.99. The number of halogens is 2. The fourth-order valence-corrected chi connectivity index (χ4v) is 2.72. The van der Waals surface area contributed by atoms with Crippen LogP contribution in [-0.2, 0) is 4.79 Å². The first kappa shape index (κ1) is 16.5. The van der Waals surface area contributed by atoms with Crippen molar-refractivity contribution in [2.45, 2.75) is 23.5 Å². The van der Waals surface area contributed by atoms with Crippen LogP contribution in [0.4, 0.5) is 19.3 Å². The van der Waals surface area contributed by atoms with Gasteiger partial charge >= 0.3 is 6.03 Å². The minimum absolute atomic E-state index is 0.0721. The highest BCUT2D eigenvalue weighted by Crippen LogP contribution is 2.27. The fraction of sp³-hybridized carbons (Fsp3) is 0.429. The second kappa shape index (κ2) is 7.98. The molecule has 1 aromatic rings. The number of alkyl halides is 2. The molecule has 0 aliphatic carbocycles. The van der Waals surface area contributed by atoms with Crippen LogP contribution >= 0.6 is 11.8 Å². The molecule has 2 rings (SSSR count). The fourth-order valence-electron chi connectivity index (χ4n) is 2.16. The smallest absolute Gasteiger partial charge is 0.319 e. The highest BCUT2D eigenvalue weighted by atomic mass is 32.2. The molecule has 2 N–H and O–H groups in total. The number of amides is 3. The van der Waals surface area contributed by atoms with Gasteiger partial charge in [0.25, 0.3) is 5.76 Å². The number of carbonyl (C=O) groups is 2. The van der Waals surface area contributed by atoms with E-state index in [9.17, 15) is 18.4 Å². The van der Waals surface area contributed by atoms with Crippen LogP contribution in [0.15, 0.2) is 29.2 Å². The van der Waals surface area contributed by atoms with E-state index in [0.29, 0.717) is 22.3 Å². The highest BCUT2D eigenvalue weighted by Gasteiger charge is 2.18. The second-order valence-electron chi connectivity index (χ2n) is 4.80. The summed E-state index contributed by atoms with van der Waals surface area (Å²) < 4.78 is 24.6. The van der Waals surface area contributed by atoms with Gasteiger partial charge in [-0.3, -0.25) is 4.79 Å². The van der Waals surface area contributed by atoms with Gasteiger partial charge < -0.3 is 15.5 Å². The molecule has 0 spiro atoms. The first-order chi connectivity index (χ1) is 10.5. The van der Waals surface area contributed by atoms with E-state index in [1.807, 2.05) is 0 Å². The van der Waals surface area contributed by atoms with Crippen LogP contribution in [0.25, 0.3) is 0 Å². The zero-order valence-corrected chi connectivity index (χ0v) is 12.7. The van der Waals surface area contributed by atoms with Gasteiger partial charge in [-0.1, -0.05) is 17.8 Å². The second-order valence-corrected chi connectivity index (χ2v) is 5.87. The van der Waals surface area contributed by atoms with Gasteiger partial charge in [0.1, 0.15) is 0 Å². The Balaban J connectivity index is 1.80. The number of nitrogens with zero attached hydrogens (tertiary/aromatic N) is 1. The van der Waals surface area contributed by atoms with Crippen molar-refractivity contribution in [3.63, 3.8) is 0 Å². The monoisotopic (exact) mass is 329 g/mol. The van der Waals surface area contributed by atoms with E-state index < -0.39 is 11.8 Å². The lowest BCUT2D eigenvalue weighted by molar-refractivity contribution is -0.128. The van der Waals surface area contributed by atoms with E-state index in [2.05, 4.69) is 10.6 Å². The molecule has 1 aromatic carbocycles. The van der Waals surface area contributed by atoms with E-state index in [1.54, 1.807) is 17.0 Å². The van der Waals surface area contributed by atoms with Gasteiger partial charge in [-0.25, -0.2) is 4.79 Å². The molecule has 120 valence electrons. The number of rotatable bonds is 5. The Hall–Kier alpha value is -1.83. The number of carbonyl (C=O) groups excluding carboxylic acids is 2. The first-order valence-electron chi connectivity index (χ1n) is 6.92. The quantitative estimate of drug-likeness (QED) is 0.817. The molecule has 0 radical (unpaired) electrons. The predicted molar refractivity (Wildman–Crippen MR) is 81.1 cm³/mol. The van der Waals surface area contributed by atoms with Crippen molar-refractivity contribution in [3.05, 3.63) is 24.3 Å². The molecule has 1 aliphatic heterocycles. The van der Waals surface area contributed by atoms with Crippen molar-refractivity contribution in [3.8, 4) is 0 Å². The molecule has 0 aromatic heterocycles. The predicted octanol–water partition coefficient (Wildman–Crippen LogP) is 2.75. The van der Waals surface area contributed by atoms with E-state index in [0.717, 1.165) is 25.9 Å². The third-order valence-electron chi connectivity index (χ3n) is 3.18. The molecule has 1 saturated heterocycles. The zero-order chi connectivity index (χ0) is 15.9. The zero-order valence-electron chi connectivity index (χ0n) is 11.9. The summed E-state index contributed by atoms with van der Waals surface area (Å²) in [6.45, 7) is 1.39. The molecule has 1 heterocycles. The van der Waals surface area contributed by atoms with Gasteiger partial charge in [0.15, 0.2) is 0 Å². The Kier molecular flexibility index (Phi) is 6.00. The average Bonchev–Trinajstić information content (AvgIpc) is 2.98. The summed E-state index contributed by atoms with van der Waals surface area (Å²) in [7, 11) is 0. The standard InChI is InChI=1S/C14H17F2N3O2S/c15-13(16)22-11-5-3-4-10(8-11)18-14(21)17-9-12(20)19-6-1-2-7-19/h3-5,8,13H,1-2,6-7,9H2,(H2,17,18,21). The van der Waals surface area contributed by atoms with Crippen LogP contribution in [0, 0.1) is 0 Å². The molecule has 5 nitrogen and oxygen atoms in total. The van der Waals surface area contributed by atoms with Crippen LogP contribution in [0.2, 0.25) is 0 Å². The third kappa shape index (κ3) is 5.18. The molecular formula is C14H17F2N3O2S. The van der Waals surface area contributed by atoms with Crippen LogP contribution in [0.5, 0.6) is 0 Å². The summed E-state index contributed by atoms with van der Waals surface area (Å²) in [6, 6.07) is 5.63. The Labute approximate surface area is 131 Å². The maximum atomic E-state index is 12.3. The van der Waals surface area contributed by atoms with Gasteiger partial charge in [0, 0.05) is 23.7 Å². The largest absolute Gasteiger partial charge is 0.341 e. The Morgan fingerprint density at radius 1 is 1.27 bits per heavy atom. The molecule has 0 saturated carbocycles. The van der Waals surface area contributed by atoms with Gasteiger partial charge in [-0.2, -0.15) is 8.78 Å². The number of benzene rings is 1. The minimum Gasteiger partial charge on any atom is -0.341 e. The summed E-state index contributed by atoms with van der Waals surface area (Å²) >= 11 is 0.409. The SMILES string of the molecule is O=C(NCC(=O)N1CCCC1)Nc1cccc(SC(F)F)c1. The van der Waals surface area contributed by atoms with Crippen LogP contribution in [0.3, 0.4) is 0 Å². The highest BCUT2D eigenvalue weighted by molar-refractivity contribution is 7.99. The Morgan fingerprint density at radius 3 is 2.68 bits per heavy atom. The molecule has 0 bridgehead atoms. The summed E-state index contributed by atoms with van der Waals surface area (Å²) in [5.74, 6) is -2.63. The van der Waals surface area contributed by atoms with E-state index >= 15 is 0 Å². The van der Waals surface area contributed by atoms with E-state index in [1.165, 1.54) is 12.1 Å². The maximum Gasteiger partial charge on any atom is 0.319 e. The van der Waals surface area contributed by atoms with Crippen LogP contribution in [0.1, 0.15) is 12.8 Å². The van der Waals surface area contributed by atoms with Gasteiger partial charge in [-0.15, -0.1) is 0 Å². The van der Waals surface area contributed by atoms with Crippen LogP contribution < -0.4 is 10.6 Å². The molecule has 0 atom stereocenters. The lowest BCUT2D eigenvalue weighted by Crippen LogP contribution is -2.40. The molecular weight excluding hydrogens is 312 g/mol. The van der Waals surface area contributed by atoms with Crippen molar-refractivity contribution in [1.82, 2.24) is 10.2 Å². The number of hydrogen-bond donors (Lipinski definition) is 2. The number of likely N-dealkylation sites (tertiary alicyclic amines) is 1. The number of urea groups is 1. The van der Waals surface area contributed by atoms with Crippen molar-refractivity contribution in [1.29, 1.82) is 0 Å². The number of hydrogen-bond acceptors (Lipinski definition) is 3. The lowest BCUT2D eigenvalue weighted by atomic mass is 10.3. The van der Waals surface area contributed by atoms with Crippen LogP contribution in [-0.4, -0.2) is 42.2 Å². The van der Waals surface area contributed by atoms with Crippen molar-refractivity contribution in [2.24, 2.45) is 0 Å². The molecule has 1 aliphatic rings. The molecule has 0 unspecified atom stereocenters.